The molecule has 5 heteroatoms. The molecule has 88 valence electrons. The number of nitrogens with zero attached hydrogens (tertiary/aromatic N) is 3. The minimum atomic E-state index is -0.0865. The zero-order valence-corrected chi connectivity index (χ0v) is 9.86. The van der Waals surface area contributed by atoms with E-state index in [0.29, 0.717) is 11.7 Å². The van der Waals surface area contributed by atoms with Gasteiger partial charge in [0.15, 0.2) is 0 Å². The lowest BCUT2D eigenvalue weighted by molar-refractivity contribution is 0.0781. The summed E-state index contributed by atoms with van der Waals surface area (Å²) in [6.45, 7) is 2.87. The van der Waals surface area contributed by atoms with Crippen molar-refractivity contribution in [3.8, 4) is 0 Å². The van der Waals surface area contributed by atoms with Crippen molar-refractivity contribution < 1.29 is 4.79 Å². The number of rotatable bonds is 5. The van der Waals surface area contributed by atoms with Crippen LogP contribution in [0.25, 0.3) is 0 Å². The number of H-pyrrole nitrogens is 1. The summed E-state index contributed by atoms with van der Waals surface area (Å²) in [6, 6.07) is 0. The van der Waals surface area contributed by atoms with Crippen molar-refractivity contribution in [1.82, 2.24) is 20.1 Å². The first kappa shape index (κ1) is 11.1. The Bertz CT molecular complexity index is 370. The van der Waals surface area contributed by atoms with Gasteiger partial charge < -0.3 is 4.90 Å². The van der Waals surface area contributed by atoms with Crippen molar-refractivity contribution in [2.75, 3.05) is 13.6 Å². The van der Waals surface area contributed by atoms with E-state index in [1.165, 1.54) is 0 Å². The van der Waals surface area contributed by atoms with Crippen LogP contribution in [0.2, 0.25) is 0 Å². The molecule has 1 aromatic rings. The number of unbranched alkanes of at least 4 members (excludes halogenated alkanes) is 1. The molecule has 0 atom stereocenters. The molecule has 1 N–H and O–H groups in total. The third kappa shape index (κ3) is 2.40. The van der Waals surface area contributed by atoms with Crippen molar-refractivity contribution in [3.05, 3.63) is 11.6 Å². The van der Waals surface area contributed by atoms with Crippen LogP contribution in [-0.4, -0.2) is 39.6 Å². The van der Waals surface area contributed by atoms with Gasteiger partial charge in [-0.1, -0.05) is 13.3 Å². The second-order valence-electron chi connectivity index (χ2n) is 4.40. The van der Waals surface area contributed by atoms with Crippen LogP contribution in [0.4, 0.5) is 0 Å². The van der Waals surface area contributed by atoms with E-state index in [0.717, 1.165) is 38.1 Å². The zero-order chi connectivity index (χ0) is 11.5. The molecular weight excluding hydrogens is 204 g/mol. The molecule has 0 saturated heterocycles. The van der Waals surface area contributed by atoms with Crippen molar-refractivity contribution in [2.24, 2.45) is 0 Å². The van der Waals surface area contributed by atoms with Crippen LogP contribution < -0.4 is 0 Å². The highest BCUT2D eigenvalue weighted by Crippen LogP contribution is 2.37. The van der Waals surface area contributed by atoms with Gasteiger partial charge in [-0.15, -0.1) is 5.10 Å². The highest BCUT2D eigenvalue weighted by molar-refractivity contribution is 5.90. The van der Waals surface area contributed by atoms with E-state index in [1.807, 2.05) is 0 Å². The quantitative estimate of drug-likeness (QED) is 0.822. The van der Waals surface area contributed by atoms with Crippen molar-refractivity contribution >= 4 is 5.91 Å². The van der Waals surface area contributed by atoms with Crippen LogP contribution in [0.1, 0.15) is 55.0 Å². The fourth-order valence-electron chi connectivity index (χ4n) is 1.58. The number of aromatic amines is 1. The summed E-state index contributed by atoms with van der Waals surface area (Å²) in [5, 5.41) is 6.83. The monoisotopic (exact) mass is 222 g/mol. The molecule has 0 radical (unpaired) electrons. The smallest absolute Gasteiger partial charge is 0.293 e. The first-order valence-corrected chi connectivity index (χ1v) is 5.90. The van der Waals surface area contributed by atoms with Gasteiger partial charge in [-0.25, -0.2) is 4.98 Å². The second kappa shape index (κ2) is 4.63. The fraction of sp³-hybridized carbons (Fsp3) is 0.727. The van der Waals surface area contributed by atoms with Crippen LogP contribution in [0.3, 0.4) is 0 Å². The number of nitrogens with one attached hydrogen (secondary N) is 1. The van der Waals surface area contributed by atoms with Crippen LogP contribution in [0.5, 0.6) is 0 Å². The largest absolute Gasteiger partial charge is 0.339 e. The molecule has 0 aromatic carbocycles. The normalized spacial score (nSPS) is 15.1. The van der Waals surface area contributed by atoms with Crippen LogP contribution in [0.15, 0.2) is 0 Å². The number of aromatic nitrogens is 3. The molecule has 1 aromatic heterocycles. The Labute approximate surface area is 95.2 Å². The predicted molar refractivity (Wildman–Crippen MR) is 60.2 cm³/mol. The Morgan fingerprint density at radius 2 is 2.31 bits per heavy atom. The van der Waals surface area contributed by atoms with E-state index in [1.54, 1.807) is 11.9 Å². The second-order valence-corrected chi connectivity index (χ2v) is 4.40. The lowest BCUT2D eigenvalue weighted by atomic mass is 10.3. The molecule has 0 bridgehead atoms. The SMILES string of the molecule is CCCCN(C)C(=O)c1n[nH]c(C2CC2)n1. The van der Waals surface area contributed by atoms with Gasteiger partial charge in [0, 0.05) is 19.5 Å². The third-order valence-corrected chi connectivity index (χ3v) is 2.85. The van der Waals surface area contributed by atoms with E-state index >= 15 is 0 Å². The molecule has 0 unspecified atom stereocenters. The van der Waals surface area contributed by atoms with Gasteiger partial charge in [-0.3, -0.25) is 9.89 Å². The standard InChI is InChI=1S/C11H18N4O/c1-3-4-7-15(2)11(16)10-12-9(13-14-10)8-5-6-8/h8H,3-7H2,1-2H3,(H,12,13,14). The molecule has 0 aliphatic heterocycles. The predicted octanol–water partition coefficient (Wildman–Crippen LogP) is 1.55. The maximum absolute atomic E-state index is 11.9. The van der Waals surface area contributed by atoms with Gasteiger partial charge in [-0.05, 0) is 19.3 Å². The first-order valence-electron chi connectivity index (χ1n) is 5.90. The van der Waals surface area contributed by atoms with Crippen molar-refractivity contribution in [3.63, 3.8) is 0 Å². The van der Waals surface area contributed by atoms with Gasteiger partial charge in [-0.2, -0.15) is 0 Å². The Morgan fingerprint density at radius 1 is 1.56 bits per heavy atom. The van der Waals surface area contributed by atoms with Crippen molar-refractivity contribution in [2.45, 2.75) is 38.5 Å². The first-order chi connectivity index (χ1) is 7.72. The summed E-state index contributed by atoms with van der Waals surface area (Å²) >= 11 is 0. The summed E-state index contributed by atoms with van der Waals surface area (Å²) in [4.78, 5) is 17.8. The molecule has 1 aliphatic carbocycles. The van der Waals surface area contributed by atoms with Gasteiger partial charge >= 0.3 is 0 Å². The zero-order valence-electron chi connectivity index (χ0n) is 9.86. The number of hydrogen-bond acceptors (Lipinski definition) is 3. The maximum Gasteiger partial charge on any atom is 0.293 e. The Balaban J connectivity index is 1.96. The molecule has 5 nitrogen and oxygen atoms in total. The average Bonchev–Trinajstić information content (AvgIpc) is 3.03. The third-order valence-electron chi connectivity index (χ3n) is 2.85. The van der Waals surface area contributed by atoms with Crippen molar-refractivity contribution in [1.29, 1.82) is 0 Å². The van der Waals surface area contributed by atoms with Gasteiger partial charge in [0.25, 0.3) is 5.91 Å². The van der Waals surface area contributed by atoms with Crippen LogP contribution in [-0.2, 0) is 0 Å². The fourth-order valence-corrected chi connectivity index (χ4v) is 1.58. The Hall–Kier alpha value is -1.39. The molecule has 1 aliphatic rings. The lowest BCUT2D eigenvalue weighted by Gasteiger charge is -2.13. The molecular formula is C11H18N4O. The molecule has 16 heavy (non-hydrogen) atoms. The summed E-state index contributed by atoms with van der Waals surface area (Å²) < 4.78 is 0. The highest BCUT2D eigenvalue weighted by Gasteiger charge is 2.28. The summed E-state index contributed by atoms with van der Waals surface area (Å²) in [6.07, 6.45) is 4.42. The molecule has 0 spiro atoms. The van der Waals surface area contributed by atoms with Gasteiger partial charge in [0.05, 0.1) is 0 Å². The van der Waals surface area contributed by atoms with E-state index in [2.05, 4.69) is 22.1 Å². The number of amides is 1. The van der Waals surface area contributed by atoms with Gasteiger partial charge in [0.1, 0.15) is 5.82 Å². The Kier molecular flexibility index (Phi) is 3.22. The summed E-state index contributed by atoms with van der Waals surface area (Å²) in [7, 11) is 1.80. The lowest BCUT2D eigenvalue weighted by Crippen LogP contribution is -2.28. The summed E-state index contributed by atoms with van der Waals surface area (Å²) in [5.74, 6) is 1.60. The topological polar surface area (TPSA) is 61.9 Å². The minimum absolute atomic E-state index is 0.0865. The number of carbonyl (C=O) groups is 1. The van der Waals surface area contributed by atoms with E-state index in [-0.39, 0.29) is 5.91 Å². The minimum Gasteiger partial charge on any atom is -0.339 e. The molecule has 1 heterocycles. The molecule has 1 amide bonds. The highest BCUT2D eigenvalue weighted by atomic mass is 16.2. The van der Waals surface area contributed by atoms with E-state index in [4.69, 9.17) is 0 Å². The van der Waals surface area contributed by atoms with E-state index < -0.39 is 0 Å². The van der Waals surface area contributed by atoms with Crippen LogP contribution >= 0.6 is 0 Å². The number of hydrogen-bond donors (Lipinski definition) is 1. The maximum atomic E-state index is 11.9. The number of carbonyl (C=O) groups excluding carboxylic acids is 1. The van der Waals surface area contributed by atoms with E-state index in [9.17, 15) is 4.79 Å². The Morgan fingerprint density at radius 3 is 2.94 bits per heavy atom. The van der Waals surface area contributed by atoms with Crippen LogP contribution in [0, 0.1) is 0 Å². The molecule has 2 rings (SSSR count). The van der Waals surface area contributed by atoms with Gasteiger partial charge in [0.2, 0.25) is 5.82 Å². The average molecular weight is 222 g/mol. The summed E-state index contributed by atoms with van der Waals surface area (Å²) in [5.41, 5.74) is 0. The molecule has 1 fully saturated rings. The molecule has 1 saturated carbocycles.